The largest absolute Gasteiger partial charge is 0.469 e. The van der Waals surface area contributed by atoms with Gasteiger partial charge in [-0.1, -0.05) is 70.2 Å². The van der Waals surface area contributed by atoms with Gasteiger partial charge in [0.1, 0.15) is 11.9 Å². The Labute approximate surface area is 383 Å². The fraction of sp³-hybridized carbons (Fsp3) is 0.509. The van der Waals surface area contributed by atoms with Gasteiger partial charge in [-0.15, -0.1) is 0 Å². The summed E-state index contributed by atoms with van der Waals surface area (Å²) >= 11 is 0. The molecule has 65 heavy (non-hydrogen) atoms. The normalized spacial score (nSPS) is 24.0. The fourth-order valence-corrected chi connectivity index (χ4v) is 11.8. The molecule has 12 nitrogen and oxygen atoms in total. The standard InChI is InChI=1S/C53H64N6O6/c1-28(2)40(26-46(60)64-7)51(61)58-30(5)9-21-44(58)42-25-37-23-34(17-20-41(37)55-42)39-19-18-38(47-35-15-16-36(24-35)48(39)47)32-11-13-33(14-12-32)43-27-54-50(56-43)45-22-10-31(6)59(45)52(62)49(29(3)4)57-53(63)65-8/h11-14,17-20,23,27-31,35-36,40,44-45,49H,9-10,15-16,21-22,24-26H2,1-8H3,(H,54,56)(H,57,63)/t30-,31-,35?,36?,40-,44-,45?,49-/m0/s1. The molecule has 8 atom stereocenters. The van der Waals surface area contributed by atoms with Gasteiger partial charge in [0.25, 0.3) is 0 Å². The average Bonchev–Trinajstić information content (AvgIpc) is 4.18. The predicted molar refractivity (Wildman–Crippen MR) is 252 cm³/mol. The molecule has 2 bridgehead atoms. The second-order valence-corrected chi connectivity index (χ2v) is 19.9. The SMILES string of the molecule is COC(=O)C[C@H](C(=O)N1[C@@H](C)CC[C@H]1C1=Nc2ccc(-c3ccc(-c4ccc(-c5cnc(C6CC[C@H](C)N6C(=O)[C@@H](NC(=O)OC)C(C)C)[nH]5)cc4)c4c3C3CCC4C3)cc2C1)C(C)C. The van der Waals surface area contributed by atoms with Crippen molar-refractivity contribution in [3.63, 3.8) is 0 Å². The minimum atomic E-state index is -0.697. The Hall–Kier alpha value is -5.78. The van der Waals surface area contributed by atoms with Crippen molar-refractivity contribution in [1.29, 1.82) is 0 Å². The van der Waals surface area contributed by atoms with E-state index in [1.54, 1.807) is 0 Å². The number of imidazole rings is 1. The summed E-state index contributed by atoms with van der Waals surface area (Å²) in [5.74, 6) is 0.868. The Morgan fingerprint density at radius 3 is 1.98 bits per heavy atom. The first-order valence-corrected chi connectivity index (χ1v) is 23.8. The van der Waals surface area contributed by atoms with Crippen molar-refractivity contribution in [1.82, 2.24) is 25.1 Å². The van der Waals surface area contributed by atoms with Gasteiger partial charge in [0.15, 0.2) is 0 Å². The van der Waals surface area contributed by atoms with Crippen LogP contribution in [0.1, 0.15) is 133 Å². The van der Waals surface area contributed by atoms with E-state index in [2.05, 4.69) is 78.7 Å². The lowest BCUT2D eigenvalue weighted by molar-refractivity contribution is -0.148. The van der Waals surface area contributed by atoms with Crippen LogP contribution in [0.3, 0.4) is 0 Å². The quantitative estimate of drug-likeness (QED) is 0.135. The lowest BCUT2D eigenvalue weighted by atomic mass is 9.81. The molecule has 1 aromatic heterocycles. The van der Waals surface area contributed by atoms with Crippen LogP contribution in [-0.4, -0.2) is 87.7 Å². The highest BCUT2D eigenvalue weighted by Gasteiger charge is 2.44. The highest BCUT2D eigenvalue weighted by molar-refractivity contribution is 6.01. The van der Waals surface area contributed by atoms with Crippen LogP contribution in [0.4, 0.5) is 10.5 Å². The molecule has 2 N–H and O–H groups in total. The minimum absolute atomic E-state index is 0.00865. The highest BCUT2D eigenvalue weighted by Crippen LogP contribution is 2.58. The fourth-order valence-electron chi connectivity index (χ4n) is 11.8. The number of nitrogens with zero attached hydrogens (tertiary/aromatic N) is 4. The second-order valence-electron chi connectivity index (χ2n) is 19.9. The summed E-state index contributed by atoms with van der Waals surface area (Å²) in [6, 6.07) is 19.2. The van der Waals surface area contributed by atoms with Gasteiger partial charge in [0.05, 0.1) is 56.2 Å². The van der Waals surface area contributed by atoms with Crippen LogP contribution in [0.2, 0.25) is 0 Å². The van der Waals surface area contributed by atoms with Crippen LogP contribution in [0.25, 0.3) is 33.5 Å². The number of alkyl carbamates (subject to hydrolysis) is 1. The number of carbonyl (C=O) groups is 4. The van der Waals surface area contributed by atoms with Crippen molar-refractivity contribution < 1.29 is 28.7 Å². The third-order valence-electron chi connectivity index (χ3n) is 15.3. The van der Waals surface area contributed by atoms with Gasteiger partial charge < -0.3 is 29.6 Å². The third-order valence-corrected chi connectivity index (χ3v) is 15.3. The Bertz CT molecular complexity index is 2530. The molecule has 5 aliphatic rings. The number of carbonyl (C=O) groups excluding carboxylic acids is 4. The number of hydrogen-bond acceptors (Lipinski definition) is 8. The third kappa shape index (κ3) is 8.15. The van der Waals surface area contributed by atoms with E-state index >= 15 is 0 Å². The number of rotatable bonds is 12. The molecule has 3 aliphatic heterocycles. The minimum Gasteiger partial charge on any atom is -0.469 e. The van der Waals surface area contributed by atoms with Gasteiger partial charge in [-0.2, -0.15) is 0 Å². The molecule has 0 radical (unpaired) electrons. The van der Waals surface area contributed by atoms with E-state index in [0.717, 1.165) is 54.2 Å². The average molecular weight is 881 g/mol. The molecule has 12 heteroatoms. The van der Waals surface area contributed by atoms with Crippen molar-refractivity contribution in [2.45, 2.75) is 141 Å². The molecule has 2 saturated heterocycles. The topological polar surface area (TPSA) is 146 Å². The van der Waals surface area contributed by atoms with Crippen LogP contribution >= 0.6 is 0 Å². The number of benzene rings is 3. The molecule has 0 spiro atoms. The van der Waals surface area contributed by atoms with E-state index in [1.807, 2.05) is 43.7 Å². The lowest BCUT2D eigenvalue weighted by Crippen LogP contribution is -2.52. The van der Waals surface area contributed by atoms with Crippen LogP contribution in [-0.2, 0) is 30.3 Å². The number of aromatic nitrogens is 2. The summed E-state index contributed by atoms with van der Waals surface area (Å²) in [6.07, 6.45) is 9.09. The smallest absolute Gasteiger partial charge is 0.407 e. The first-order valence-electron chi connectivity index (χ1n) is 23.8. The Balaban J connectivity index is 0.933. The number of H-pyrrole nitrogens is 1. The first-order chi connectivity index (χ1) is 31.3. The number of aliphatic imine (C=N–C) groups is 1. The van der Waals surface area contributed by atoms with Gasteiger partial charge in [0.2, 0.25) is 11.8 Å². The van der Waals surface area contributed by atoms with Crippen LogP contribution in [0, 0.1) is 17.8 Å². The summed E-state index contributed by atoms with van der Waals surface area (Å²) in [7, 11) is 2.69. The first kappa shape index (κ1) is 44.4. The molecule has 3 aromatic carbocycles. The molecule has 2 aliphatic carbocycles. The van der Waals surface area contributed by atoms with E-state index in [9.17, 15) is 19.2 Å². The van der Waals surface area contributed by atoms with E-state index in [4.69, 9.17) is 19.5 Å². The number of fused-ring (bicyclic) bond motifs is 6. The van der Waals surface area contributed by atoms with Gasteiger partial charge in [-0.25, -0.2) is 9.78 Å². The predicted octanol–water partition coefficient (Wildman–Crippen LogP) is 10.1. The molecule has 9 rings (SSSR count). The Morgan fingerprint density at radius 1 is 0.738 bits per heavy atom. The zero-order chi connectivity index (χ0) is 45.8. The zero-order valence-electron chi connectivity index (χ0n) is 39.1. The summed E-state index contributed by atoms with van der Waals surface area (Å²) in [6.45, 7) is 12.0. The van der Waals surface area contributed by atoms with Crippen molar-refractivity contribution >= 4 is 35.3 Å². The monoisotopic (exact) mass is 880 g/mol. The van der Waals surface area contributed by atoms with Crippen molar-refractivity contribution in [2.24, 2.45) is 22.7 Å². The maximum atomic E-state index is 14.1. The number of methoxy groups -OCH3 is 2. The number of nitrogens with one attached hydrogen (secondary N) is 2. The van der Waals surface area contributed by atoms with E-state index in [-0.39, 0.29) is 60.2 Å². The van der Waals surface area contributed by atoms with Crippen molar-refractivity contribution in [2.75, 3.05) is 14.2 Å². The van der Waals surface area contributed by atoms with Gasteiger partial charge in [-0.05, 0) is 139 Å². The van der Waals surface area contributed by atoms with Crippen LogP contribution < -0.4 is 5.32 Å². The Kier molecular flexibility index (Phi) is 12.2. The molecular formula is C53H64N6O6. The van der Waals surface area contributed by atoms with Crippen molar-refractivity contribution in [3.8, 4) is 33.5 Å². The maximum Gasteiger partial charge on any atom is 0.407 e. The summed E-state index contributed by atoms with van der Waals surface area (Å²) in [5, 5.41) is 2.75. The van der Waals surface area contributed by atoms with Gasteiger partial charge >= 0.3 is 12.1 Å². The number of amides is 3. The molecule has 3 fully saturated rings. The van der Waals surface area contributed by atoms with Gasteiger partial charge in [-0.3, -0.25) is 19.4 Å². The van der Waals surface area contributed by atoms with Crippen molar-refractivity contribution in [3.05, 3.63) is 83.3 Å². The molecule has 342 valence electrons. The van der Waals surface area contributed by atoms with Crippen LogP contribution in [0.5, 0.6) is 0 Å². The summed E-state index contributed by atoms with van der Waals surface area (Å²) < 4.78 is 9.79. The summed E-state index contributed by atoms with van der Waals surface area (Å²) in [5.41, 5.74) is 13.2. The number of ether oxygens (including phenoxy) is 2. The van der Waals surface area contributed by atoms with Crippen LogP contribution in [0.15, 0.2) is 65.8 Å². The van der Waals surface area contributed by atoms with E-state index < -0.39 is 18.1 Å². The number of aromatic amines is 1. The van der Waals surface area contributed by atoms with E-state index in [0.29, 0.717) is 18.3 Å². The molecule has 4 heterocycles. The molecule has 3 amide bonds. The molecule has 4 aromatic rings. The Morgan fingerprint density at radius 2 is 1.35 bits per heavy atom. The summed E-state index contributed by atoms with van der Waals surface area (Å²) in [4.78, 5) is 69.8. The number of likely N-dealkylation sites (tertiary alicyclic amines) is 2. The molecule has 1 saturated carbocycles. The molecular weight excluding hydrogens is 817 g/mol. The highest BCUT2D eigenvalue weighted by atomic mass is 16.5. The second kappa shape index (κ2) is 17.9. The molecule has 3 unspecified atom stereocenters. The number of hydrogen-bond donors (Lipinski definition) is 2. The lowest BCUT2D eigenvalue weighted by Gasteiger charge is -2.33. The maximum absolute atomic E-state index is 14.1. The van der Waals surface area contributed by atoms with Gasteiger partial charge in [0, 0.05) is 24.2 Å². The number of esters is 1. The van der Waals surface area contributed by atoms with E-state index in [1.165, 1.54) is 72.4 Å². The zero-order valence-corrected chi connectivity index (χ0v) is 39.1.